The van der Waals surface area contributed by atoms with Gasteiger partial charge in [0.05, 0.1) is 11.4 Å². The Morgan fingerprint density at radius 1 is 1.41 bits per heavy atom. The van der Waals surface area contributed by atoms with E-state index in [0.29, 0.717) is 5.56 Å². The number of hydrogen-bond acceptors (Lipinski definition) is 3. The molecule has 0 saturated heterocycles. The molecule has 0 aliphatic rings. The van der Waals surface area contributed by atoms with Crippen molar-refractivity contribution >= 4 is 15.7 Å². The molecular weight excluding hydrogens is 238 g/mol. The normalized spacial score (nSPS) is 10.2. The maximum atomic E-state index is 11.3. The summed E-state index contributed by atoms with van der Waals surface area (Å²) in [5.41, 5.74) is 0.610. The van der Waals surface area contributed by atoms with Crippen LogP contribution in [0.4, 0.5) is 0 Å². The summed E-state index contributed by atoms with van der Waals surface area (Å²) in [6.07, 6.45) is 1.15. The van der Waals surface area contributed by atoms with Crippen molar-refractivity contribution in [1.82, 2.24) is 5.32 Å². The molecule has 0 fully saturated rings. The van der Waals surface area contributed by atoms with Crippen molar-refractivity contribution in [3.63, 3.8) is 0 Å². The summed E-state index contributed by atoms with van der Waals surface area (Å²) in [5, 5.41) is 2.53. The third-order valence-electron chi connectivity index (χ3n) is 1.92. The maximum Gasteiger partial charge on any atom is 0.217 e. The van der Waals surface area contributed by atoms with E-state index in [-0.39, 0.29) is 17.3 Å². The third-order valence-corrected chi connectivity index (χ3v) is 3.03. The van der Waals surface area contributed by atoms with Crippen molar-refractivity contribution in [2.45, 2.75) is 11.8 Å². The van der Waals surface area contributed by atoms with Crippen LogP contribution in [0.3, 0.4) is 0 Å². The minimum atomic E-state index is -3.21. The number of sulfone groups is 1. The molecule has 0 radical (unpaired) electrons. The van der Waals surface area contributed by atoms with Gasteiger partial charge in [-0.1, -0.05) is 17.9 Å². The summed E-state index contributed by atoms with van der Waals surface area (Å²) in [6.45, 7) is 1.66. The van der Waals surface area contributed by atoms with Gasteiger partial charge in [-0.2, -0.15) is 0 Å². The first-order chi connectivity index (χ1) is 7.89. The molecule has 17 heavy (non-hydrogen) atoms. The van der Waals surface area contributed by atoms with E-state index >= 15 is 0 Å². The molecule has 0 atom stereocenters. The lowest BCUT2D eigenvalue weighted by Gasteiger charge is -1.98. The van der Waals surface area contributed by atoms with E-state index in [9.17, 15) is 13.2 Å². The summed E-state index contributed by atoms with van der Waals surface area (Å²) >= 11 is 0. The number of nitrogens with one attached hydrogen (secondary N) is 1. The third kappa shape index (κ3) is 4.70. The van der Waals surface area contributed by atoms with Gasteiger partial charge in [0.15, 0.2) is 9.84 Å². The van der Waals surface area contributed by atoms with E-state index in [1.807, 2.05) is 0 Å². The SMILES string of the molecule is CC(=O)NCC#Cc1cccc(S(C)(=O)=O)c1. The van der Waals surface area contributed by atoms with Crippen LogP contribution in [0.25, 0.3) is 0 Å². The first-order valence-electron chi connectivity index (χ1n) is 4.93. The highest BCUT2D eigenvalue weighted by Crippen LogP contribution is 2.10. The zero-order chi connectivity index (χ0) is 12.9. The first kappa shape index (κ1) is 13.3. The quantitative estimate of drug-likeness (QED) is 0.782. The van der Waals surface area contributed by atoms with E-state index < -0.39 is 9.84 Å². The number of carbonyl (C=O) groups is 1. The van der Waals surface area contributed by atoms with Crippen LogP contribution in [0, 0.1) is 11.8 Å². The van der Waals surface area contributed by atoms with Gasteiger partial charge in [-0.3, -0.25) is 4.79 Å². The van der Waals surface area contributed by atoms with Crippen molar-refractivity contribution in [2.24, 2.45) is 0 Å². The number of carbonyl (C=O) groups excluding carboxylic acids is 1. The van der Waals surface area contributed by atoms with Crippen molar-refractivity contribution in [2.75, 3.05) is 12.8 Å². The summed E-state index contributed by atoms with van der Waals surface area (Å²) in [7, 11) is -3.21. The molecule has 0 aliphatic carbocycles. The average molecular weight is 251 g/mol. The van der Waals surface area contributed by atoms with Crippen LogP contribution >= 0.6 is 0 Å². The van der Waals surface area contributed by atoms with E-state index in [2.05, 4.69) is 17.2 Å². The van der Waals surface area contributed by atoms with Crippen LogP contribution in [-0.4, -0.2) is 27.1 Å². The zero-order valence-corrected chi connectivity index (χ0v) is 10.5. The van der Waals surface area contributed by atoms with Crippen molar-refractivity contribution in [3.05, 3.63) is 29.8 Å². The van der Waals surface area contributed by atoms with E-state index in [1.165, 1.54) is 19.1 Å². The second kappa shape index (κ2) is 5.51. The standard InChI is InChI=1S/C12H13NO3S/c1-10(14)13-8-4-6-11-5-3-7-12(9-11)17(2,15)16/h3,5,7,9H,8H2,1-2H3,(H,13,14). The van der Waals surface area contributed by atoms with Gasteiger partial charge in [-0.25, -0.2) is 8.42 Å². The second-order valence-corrected chi connectivity index (χ2v) is 5.53. The Morgan fingerprint density at radius 2 is 2.12 bits per heavy atom. The number of rotatable bonds is 2. The number of amides is 1. The van der Waals surface area contributed by atoms with Crippen molar-refractivity contribution in [3.8, 4) is 11.8 Å². The highest BCUT2D eigenvalue weighted by Gasteiger charge is 2.05. The van der Waals surface area contributed by atoms with Crippen molar-refractivity contribution in [1.29, 1.82) is 0 Å². The van der Waals surface area contributed by atoms with Crippen LogP contribution in [0.2, 0.25) is 0 Å². The minimum absolute atomic E-state index is 0.149. The second-order valence-electron chi connectivity index (χ2n) is 3.51. The summed E-state index contributed by atoms with van der Waals surface area (Å²) in [6, 6.07) is 6.39. The summed E-state index contributed by atoms with van der Waals surface area (Å²) in [4.78, 5) is 10.8. The molecule has 5 heteroatoms. The number of hydrogen-bond donors (Lipinski definition) is 1. The van der Waals surface area contributed by atoms with Crippen LogP contribution in [-0.2, 0) is 14.6 Å². The Hall–Kier alpha value is -1.80. The van der Waals surface area contributed by atoms with Crippen LogP contribution in [0.1, 0.15) is 12.5 Å². The highest BCUT2D eigenvalue weighted by molar-refractivity contribution is 7.90. The van der Waals surface area contributed by atoms with E-state index in [0.717, 1.165) is 6.26 Å². The average Bonchev–Trinajstić information content (AvgIpc) is 2.23. The lowest BCUT2D eigenvalue weighted by atomic mass is 10.2. The predicted molar refractivity (Wildman–Crippen MR) is 65.1 cm³/mol. The maximum absolute atomic E-state index is 11.3. The molecular formula is C12H13NO3S. The predicted octanol–water partition coefficient (Wildman–Crippen LogP) is 0.578. The fourth-order valence-electron chi connectivity index (χ4n) is 1.12. The van der Waals surface area contributed by atoms with E-state index in [4.69, 9.17) is 0 Å². The van der Waals surface area contributed by atoms with Gasteiger partial charge in [-0.05, 0) is 18.2 Å². The van der Waals surface area contributed by atoms with Crippen LogP contribution in [0.15, 0.2) is 29.2 Å². The van der Waals surface area contributed by atoms with Gasteiger partial charge in [0, 0.05) is 18.7 Å². The van der Waals surface area contributed by atoms with Gasteiger partial charge < -0.3 is 5.32 Å². The summed E-state index contributed by atoms with van der Waals surface area (Å²) < 4.78 is 22.6. The molecule has 0 saturated carbocycles. The van der Waals surface area contributed by atoms with Gasteiger partial charge in [0.2, 0.25) is 5.91 Å². The van der Waals surface area contributed by atoms with Crippen LogP contribution < -0.4 is 5.32 Å². The van der Waals surface area contributed by atoms with Gasteiger partial charge >= 0.3 is 0 Å². The van der Waals surface area contributed by atoms with Crippen LogP contribution in [0.5, 0.6) is 0 Å². The lowest BCUT2D eigenvalue weighted by molar-refractivity contribution is -0.118. The van der Waals surface area contributed by atoms with Crippen molar-refractivity contribution < 1.29 is 13.2 Å². The first-order valence-corrected chi connectivity index (χ1v) is 6.82. The molecule has 0 aromatic heterocycles. The number of benzene rings is 1. The van der Waals surface area contributed by atoms with Gasteiger partial charge in [0.1, 0.15) is 0 Å². The monoisotopic (exact) mass is 251 g/mol. The fourth-order valence-corrected chi connectivity index (χ4v) is 1.79. The van der Waals surface area contributed by atoms with E-state index in [1.54, 1.807) is 12.1 Å². The Labute approximate surface area is 101 Å². The molecule has 4 nitrogen and oxygen atoms in total. The topological polar surface area (TPSA) is 63.2 Å². The van der Waals surface area contributed by atoms with Gasteiger partial charge in [0.25, 0.3) is 0 Å². The van der Waals surface area contributed by atoms with Gasteiger partial charge in [-0.15, -0.1) is 0 Å². The molecule has 1 rings (SSSR count). The molecule has 1 aromatic carbocycles. The lowest BCUT2D eigenvalue weighted by Crippen LogP contribution is -2.19. The molecule has 0 bridgehead atoms. The largest absolute Gasteiger partial charge is 0.345 e. The molecule has 0 heterocycles. The minimum Gasteiger partial charge on any atom is -0.345 e. The fraction of sp³-hybridized carbons (Fsp3) is 0.250. The Bertz CT molecular complexity index is 579. The Kier molecular flexibility index (Phi) is 4.30. The Balaban J connectivity index is 2.83. The Morgan fingerprint density at radius 3 is 2.71 bits per heavy atom. The molecule has 1 N–H and O–H groups in total. The summed E-state index contributed by atoms with van der Waals surface area (Å²) in [5.74, 6) is 5.37. The molecule has 1 aromatic rings. The molecule has 0 unspecified atom stereocenters. The highest BCUT2D eigenvalue weighted by atomic mass is 32.2. The zero-order valence-electron chi connectivity index (χ0n) is 9.65. The molecule has 0 spiro atoms. The molecule has 0 aliphatic heterocycles. The molecule has 90 valence electrons. The smallest absolute Gasteiger partial charge is 0.217 e. The molecule has 1 amide bonds.